The molecule has 0 radical (unpaired) electrons. The second-order valence-electron chi connectivity index (χ2n) is 4.91. The molecule has 1 aromatic rings. The molecule has 1 aliphatic heterocycles. The Morgan fingerprint density at radius 3 is 2.75 bits per heavy atom. The van der Waals surface area contributed by atoms with E-state index in [1.165, 1.54) is 30.5 Å². The molecule has 0 spiro atoms. The van der Waals surface area contributed by atoms with Crippen molar-refractivity contribution in [2.75, 3.05) is 19.7 Å². The molecule has 1 N–H and O–H groups in total. The minimum atomic E-state index is 0.338. The van der Waals surface area contributed by atoms with Crippen LogP contribution in [0.2, 0.25) is 0 Å². The van der Waals surface area contributed by atoms with Gasteiger partial charge >= 0.3 is 0 Å². The van der Waals surface area contributed by atoms with Crippen molar-refractivity contribution in [1.82, 2.24) is 4.90 Å². The van der Waals surface area contributed by atoms with Gasteiger partial charge in [0.1, 0.15) is 0 Å². The quantitative estimate of drug-likeness (QED) is 0.842. The SMILES string of the molecule is Cc1ccc(CN2CCC[C@H](CO)C2)cc1. The van der Waals surface area contributed by atoms with Gasteiger partial charge in [-0.15, -0.1) is 0 Å². The van der Waals surface area contributed by atoms with Crippen LogP contribution in [0.25, 0.3) is 0 Å². The molecule has 0 amide bonds. The summed E-state index contributed by atoms with van der Waals surface area (Å²) >= 11 is 0. The highest BCUT2D eigenvalue weighted by molar-refractivity contribution is 5.21. The summed E-state index contributed by atoms with van der Waals surface area (Å²) in [6, 6.07) is 8.75. The van der Waals surface area contributed by atoms with E-state index in [4.69, 9.17) is 0 Å². The maximum absolute atomic E-state index is 9.18. The second kappa shape index (κ2) is 5.46. The average Bonchev–Trinajstić information content (AvgIpc) is 2.32. The van der Waals surface area contributed by atoms with Crippen LogP contribution in [0, 0.1) is 12.8 Å². The number of benzene rings is 1. The molecular weight excluding hydrogens is 198 g/mol. The van der Waals surface area contributed by atoms with Gasteiger partial charge in [0.15, 0.2) is 0 Å². The van der Waals surface area contributed by atoms with E-state index in [0.717, 1.165) is 13.1 Å². The Morgan fingerprint density at radius 2 is 2.06 bits per heavy atom. The van der Waals surface area contributed by atoms with Crippen LogP contribution in [0.3, 0.4) is 0 Å². The minimum Gasteiger partial charge on any atom is -0.396 e. The fourth-order valence-corrected chi connectivity index (χ4v) is 2.40. The summed E-state index contributed by atoms with van der Waals surface area (Å²) in [5.74, 6) is 0.485. The molecular formula is C14H21NO. The highest BCUT2D eigenvalue weighted by Crippen LogP contribution is 2.18. The van der Waals surface area contributed by atoms with Crippen LogP contribution in [-0.4, -0.2) is 29.7 Å². The molecule has 1 atom stereocenters. The van der Waals surface area contributed by atoms with E-state index in [9.17, 15) is 5.11 Å². The predicted molar refractivity (Wildman–Crippen MR) is 66.3 cm³/mol. The lowest BCUT2D eigenvalue weighted by Crippen LogP contribution is -2.36. The summed E-state index contributed by atoms with van der Waals surface area (Å²) < 4.78 is 0. The number of aliphatic hydroxyl groups is 1. The zero-order valence-corrected chi connectivity index (χ0v) is 10.0. The van der Waals surface area contributed by atoms with Gasteiger partial charge in [0.25, 0.3) is 0 Å². The molecule has 1 saturated heterocycles. The number of hydrogen-bond donors (Lipinski definition) is 1. The predicted octanol–water partition coefficient (Wildman–Crippen LogP) is 2.20. The first-order chi connectivity index (χ1) is 7.78. The molecule has 16 heavy (non-hydrogen) atoms. The lowest BCUT2D eigenvalue weighted by atomic mass is 9.98. The monoisotopic (exact) mass is 219 g/mol. The molecule has 1 heterocycles. The Bertz CT molecular complexity index is 320. The van der Waals surface area contributed by atoms with Gasteiger partial charge in [-0.1, -0.05) is 29.8 Å². The van der Waals surface area contributed by atoms with Crippen LogP contribution in [0.4, 0.5) is 0 Å². The fourth-order valence-electron chi connectivity index (χ4n) is 2.40. The van der Waals surface area contributed by atoms with Gasteiger partial charge in [-0.05, 0) is 37.8 Å². The molecule has 0 unspecified atom stereocenters. The Labute approximate surface area is 97.9 Å². The Balaban J connectivity index is 1.91. The molecule has 1 aromatic carbocycles. The van der Waals surface area contributed by atoms with Gasteiger partial charge < -0.3 is 5.11 Å². The van der Waals surface area contributed by atoms with E-state index in [0.29, 0.717) is 12.5 Å². The number of rotatable bonds is 3. The molecule has 2 nitrogen and oxygen atoms in total. The number of nitrogens with zero attached hydrogens (tertiary/aromatic N) is 1. The van der Waals surface area contributed by atoms with Gasteiger partial charge in [-0.25, -0.2) is 0 Å². The largest absolute Gasteiger partial charge is 0.396 e. The third-order valence-electron chi connectivity index (χ3n) is 3.39. The van der Waals surface area contributed by atoms with E-state index in [-0.39, 0.29) is 0 Å². The third-order valence-corrected chi connectivity index (χ3v) is 3.39. The van der Waals surface area contributed by atoms with Crippen LogP contribution in [0.1, 0.15) is 24.0 Å². The van der Waals surface area contributed by atoms with Gasteiger partial charge in [0.2, 0.25) is 0 Å². The maximum Gasteiger partial charge on any atom is 0.0471 e. The molecule has 1 fully saturated rings. The van der Waals surface area contributed by atoms with E-state index in [1.54, 1.807) is 0 Å². The van der Waals surface area contributed by atoms with E-state index in [1.807, 2.05) is 0 Å². The van der Waals surface area contributed by atoms with Crippen LogP contribution < -0.4 is 0 Å². The van der Waals surface area contributed by atoms with E-state index >= 15 is 0 Å². The smallest absolute Gasteiger partial charge is 0.0471 e. The summed E-state index contributed by atoms with van der Waals surface area (Å²) in [7, 11) is 0. The minimum absolute atomic E-state index is 0.338. The van der Waals surface area contributed by atoms with Gasteiger partial charge in [0, 0.05) is 19.7 Å². The van der Waals surface area contributed by atoms with Gasteiger partial charge in [-0.2, -0.15) is 0 Å². The molecule has 1 aliphatic rings. The molecule has 0 saturated carbocycles. The molecule has 0 aliphatic carbocycles. The number of piperidine rings is 1. The molecule has 0 bridgehead atoms. The lowest BCUT2D eigenvalue weighted by molar-refractivity contribution is 0.116. The maximum atomic E-state index is 9.18. The Morgan fingerprint density at radius 1 is 1.31 bits per heavy atom. The standard InChI is InChI=1S/C14H21NO/c1-12-4-6-13(7-5-12)9-15-8-2-3-14(10-15)11-16/h4-7,14,16H,2-3,8-11H2,1H3/t14-/m0/s1. The summed E-state index contributed by atoms with van der Waals surface area (Å²) in [4.78, 5) is 2.45. The van der Waals surface area contributed by atoms with Crippen molar-refractivity contribution in [2.24, 2.45) is 5.92 Å². The normalized spacial score (nSPS) is 22.2. The zero-order valence-electron chi connectivity index (χ0n) is 10.0. The van der Waals surface area contributed by atoms with Crippen LogP contribution in [-0.2, 0) is 6.54 Å². The molecule has 0 aromatic heterocycles. The van der Waals surface area contributed by atoms with Crippen LogP contribution in [0.15, 0.2) is 24.3 Å². The van der Waals surface area contributed by atoms with Crippen molar-refractivity contribution < 1.29 is 5.11 Å². The number of hydrogen-bond acceptors (Lipinski definition) is 2. The summed E-state index contributed by atoms with van der Waals surface area (Å²) in [5.41, 5.74) is 2.69. The topological polar surface area (TPSA) is 23.5 Å². The number of aryl methyl sites for hydroxylation is 1. The van der Waals surface area contributed by atoms with Crippen molar-refractivity contribution in [3.8, 4) is 0 Å². The zero-order chi connectivity index (χ0) is 11.4. The first kappa shape index (κ1) is 11.6. The van der Waals surface area contributed by atoms with Gasteiger partial charge in [-0.3, -0.25) is 4.90 Å². The van der Waals surface area contributed by atoms with E-state index in [2.05, 4.69) is 36.1 Å². The Hall–Kier alpha value is -0.860. The number of aliphatic hydroxyl groups excluding tert-OH is 1. The first-order valence-electron chi connectivity index (χ1n) is 6.16. The van der Waals surface area contributed by atoms with Crippen molar-refractivity contribution in [1.29, 1.82) is 0 Å². The fraction of sp³-hybridized carbons (Fsp3) is 0.571. The van der Waals surface area contributed by atoms with E-state index < -0.39 is 0 Å². The lowest BCUT2D eigenvalue weighted by Gasteiger charge is -2.31. The molecule has 88 valence electrons. The summed E-state index contributed by atoms with van der Waals surface area (Å²) in [5, 5.41) is 9.18. The Kier molecular flexibility index (Phi) is 3.97. The highest BCUT2D eigenvalue weighted by Gasteiger charge is 2.18. The highest BCUT2D eigenvalue weighted by atomic mass is 16.3. The van der Waals surface area contributed by atoms with Crippen LogP contribution in [0.5, 0.6) is 0 Å². The molecule has 2 rings (SSSR count). The van der Waals surface area contributed by atoms with Crippen molar-refractivity contribution in [3.63, 3.8) is 0 Å². The third kappa shape index (κ3) is 3.06. The average molecular weight is 219 g/mol. The second-order valence-corrected chi connectivity index (χ2v) is 4.91. The number of likely N-dealkylation sites (tertiary alicyclic amines) is 1. The summed E-state index contributed by atoms with van der Waals surface area (Å²) in [6.07, 6.45) is 2.40. The van der Waals surface area contributed by atoms with Crippen molar-refractivity contribution in [2.45, 2.75) is 26.3 Å². The van der Waals surface area contributed by atoms with Crippen molar-refractivity contribution in [3.05, 3.63) is 35.4 Å². The van der Waals surface area contributed by atoms with Gasteiger partial charge in [0.05, 0.1) is 0 Å². The first-order valence-corrected chi connectivity index (χ1v) is 6.16. The van der Waals surface area contributed by atoms with Crippen molar-refractivity contribution >= 4 is 0 Å². The molecule has 2 heteroatoms. The van der Waals surface area contributed by atoms with Crippen LogP contribution >= 0.6 is 0 Å². The summed E-state index contributed by atoms with van der Waals surface area (Å²) in [6.45, 7) is 5.70.